The van der Waals surface area contributed by atoms with Gasteiger partial charge in [-0.3, -0.25) is 19.5 Å². The van der Waals surface area contributed by atoms with E-state index < -0.39 is 12.0 Å². The summed E-state index contributed by atoms with van der Waals surface area (Å²) in [6.45, 7) is 1.47. The number of aromatic nitrogens is 2. The minimum atomic E-state index is -0.841. The number of carbonyl (C=O) groups excluding carboxylic acids is 2. The van der Waals surface area contributed by atoms with E-state index in [2.05, 4.69) is 25.7 Å². The first kappa shape index (κ1) is 15.2. The predicted octanol–water partition coefficient (Wildman–Crippen LogP) is 1.43. The fourth-order valence-electron chi connectivity index (χ4n) is 1.72. The third kappa shape index (κ3) is 3.66. The second-order valence-electron chi connectivity index (χ2n) is 4.11. The lowest BCUT2D eigenvalue weighted by atomic mass is 10.2. The van der Waals surface area contributed by atoms with Crippen molar-refractivity contribution in [1.29, 1.82) is 0 Å². The van der Waals surface area contributed by atoms with Crippen molar-refractivity contribution in [3.63, 3.8) is 0 Å². The summed E-state index contributed by atoms with van der Waals surface area (Å²) < 4.78 is 6.45. The van der Waals surface area contributed by atoms with Gasteiger partial charge in [0.05, 0.1) is 23.8 Å². The molecule has 0 atom stereocenters. The summed E-state index contributed by atoms with van der Waals surface area (Å²) >= 11 is 3.28. The number of carbonyl (C=O) groups is 2. The summed E-state index contributed by atoms with van der Waals surface area (Å²) in [6.07, 6.45) is 0.426. The Kier molecular flexibility index (Phi) is 4.69. The third-order valence-corrected chi connectivity index (χ3v) is 3.11. The van der Waals surface area contributed by atoms with Crippen LogP contribution in [0.4, 0.5) is 4.79 Å². The molecule has 0 spiro atoms. The van der Waals surface area contributed by atoms with E-state index in [-0.39, 0.29) is 18.7 Å². The molecular formula is C13H12BrN3O4. The smallest absolute Gasteiger partial charge is 0.413 e. The number of hydrogen-bond donors (Lipinski definition) is 1. The molecule has 2 amide bonds. The van der Waals surface area contributed by atoms with Crippen molar-refractivity contribution in [2.45, 2.75) is 13.5 Å². The molecule has 7 nitrogen and oxygen atoms in total. The number of benzene rings is 1. The topological polar surface area (TPSA) is 90.3 Å². The van der Waals surface area contributed by atoms with Gasteiger partial charge in [-0.1, -0.05) is 15.9 Å². The summed E-state index contributed by atoms with van der Waals surface area (Å²) in [7, 11) is 0. The number of amides is 2. The van der Waals surface area contributed by atoms with Crippen LogP contribution in [-0.4, -0.2) is 28.2 Å². The minimum absolute atomic E-state index is 0.157. The summed E-state index contributed by atoms with van der Waals surface area (Å²) in [5.41, 5.74) is 0.172. The maximum Gasteiger partial charge on any atom is 0.413 e. The van der Waals surface area contributed by atoms with Gasteiger partial charge in [-0.2, -0.15) is 0 Å². The highest BCUT2D eigenvalue weighted by molar-refractivity contribution is 9.10. The predicted molar refractivity (Wildman–Crippen MR) is 78.9 cm³/mol. The molecule has 2 rings (SSSR count). The lowest BCUT2D eigenvalue weighted by molar-refractivity contribution is -0.121. The molecule has 1 aromatic heterocycles. The van der Waals surface area contributed by atoms with Crippen molar-refractivity contribution in [3.05, 3.63) is 39.4 Å². The SMILES string of the molecule is CCOC(=O)NC(=O)Cn1cnc2ccc(Br)cc2c1=O. The van der Waals surface area contributed by atoms with Crippen LogP contribution in [0.1, 0.15) is 6.92 Å². The maximum atomic E-state index is 12.2. The Morgan fingerprint density at radius 1 is 1.43 bits per heavy atom. The van der Waals surface area contributed by atoms with Gasteiger partial charge in [0.1, 0.15) is 6.54 Å². The third-order valence-electron chi connectivity index (χ3n) is 2.62. The molecule has 21 heavy (non-hydrogen) atoms. The van der Waals surface area contributed by atoms with Crippen LogP contribution in [0.3, 0.4) is 0 Å². The lowest BCUT2D eigenvalue weighted by Crippen LogP contribution is -2.36. The quantitative estimate of drug-likeness (QED) is 0.901. The van der Waals surface area contributed by atoms with Crippen LogP contribution in [0.25, 0.3) is 10.9 Å². The Labute approximate surface area is 128 Å². The summed E-state index contributed by atoms with van der Waals surface area (Å²) in [6, 6.07) is 5.10. The first-order valence-electron chi connectivity index (χ1n) is 6.12. The zero-order valence-electron chi connectivity index (χ0n) is 11.1. The molecule has 110 valence electrons. The van der Waals surface area contributed by atoms with Crippen molar-refractivity contribution in [2.24, 2.45) is 0 Å². The van der Waals surface area contributed by atoms with E-state index in [0.717, 1.165) is 9.04 Å². The molecule has 0 aliphatic rings. The molecular weight excluding hydrogens is 342 g/mol. The van der Waals surface area contributed by atoms with Crippen molar-refractivity contribution in [2.75, 3.05) is 6.61 Å². The standard InChI is InChI=1S/C13H12BrN3O4/c1-2-21-13(20)16-11(18)6-17-7-15-10-4-3-8(14)5-9(10)12(17)19/h3-5,7H,2,6H2,1H3,(H,16,18,20). The molecule has 0 saturated carbocycles. The van der Waals surface area contributed by atoms with Crippen LogP contribution in [0, 0.1) is 0 Å². The number of ether oxygens (including phenoxy) is 1. The first-order valence-corrected chi connectivity index (χ1v) is 6.92. The van der Waals surface area contributed by atoms with Gasteiger partial charge in [-0.15, -0.1) is 0 Å². The van der Waals surface area contributed by atoms with E-state index in [1.807, 2.05) is 5.32 Å². The zero-order chi connectivity index (χ0) is 15.4. The Bertz CT molecular complexity index is 757. The minimum Gasteiger partial charge on any atom is -0.450 e. The van der Waals surface area contributed by atoms with E-state index in [4.69, 9.17) is 0 Å². The molecule has 0 bridgehead atoms. The Morgan fingerprint density at radius 2 is 2.19 bits per heavy atom. The highest BCUT2D eigenvalue weighted by Gasteiger charge is 2.11. The molecule has 1 heterocycles. The maximum absolute atomic E-state index is 12.2. The van der Waals surface area contributed by atoms with Crippen molar-refractivity contribution in [1.82, 2.24) is 14.9 Å². The second kappa shape index (κ2) is 6.49. The number of fused-ring (bicyclic) bond motifs is 1. The van der Waals surface area contributed by atoms with E-state index >= 15 is 0 Å². The average Bonchev–Trinajstić information content (AvgIpc) is 2.42. The number of alkyl carbamates (subject to hydrolysis) is 1. The van der Waals surface area contributed by atoms with Crippen LogP contribution in [0.2, 0.25) is 0 Å². The van der Waals surface area contributed by atoms with Gasteiger partial charge < -0.3 is 4.74 Å². The van der Waals surface area contributed by atoms with Crippen LogP contribution in [0.5, 0.6) is 0 Å². The van der Waals surface area contributed by atoms with Gasteiger partial charge in [0, 0.05) is 4.47 Å². The fourth-order valence-corrected chi connectivity index (χ4v) is 2.08. The first-order chi connectivity index (χ1) is 10.0. The van der Waals surface area contributed by atoms with E-state index in [1.165, 1.54) is 6.33 Å². The number of imide groups is 1. The fraction of sp³-hybridized carbons (Fsp3) is 0.231. The number of hydrogen-bond acceptors (Lipinski definition) is 5. The molecule has 0 radical (unpaired) electrons. The van der Waals surface area contributed by atoms with Gasteiger partial charge >= 0.3 is 6.09 Å². The van der Waals surface area contributed by atoms with Crippen LogP contribution in [0.15, 0.2) is 33.8 Å². The molecule has 1 aromatic carbocycles. The van der Waals surface area contributed by atoms with Crippen LogP contribution >= 0.6 is 15.9 Å². The van der Waals surface area contributed by atoms with Gasteiger partial charge in [0.2, 0.25) is 5.91 Å². The van der Waals surface area contributed by atoms with Gasteiger partial charge in [-0.05, 0) is 25.1 Å². The zero-order valence-corrected chi connectivity index (χ0v) is 12.7. The van der Waals surface area contributed by atoms with Gasteiger partial charge in [-0.25, -0.2) is 9.78 Å². The normalized spacial score (nSPS) is 10.4. The average molecular weight is 354 g/mol. The van der Waals surface area contributed by atoms with Crippen molar-refractivity contribution >= 4 is 38.8 Å². The largest absolute Gasteiger partial charge is 0.450 e. The summed E-state index contributed by atoms with van der Waals surface area (Å²) in [5, 5.41) is 2.40. The number of halogens is 1. The van der Waals surface area contributed by atoms with Gasteiger partial charge in [0.25, 0.3) is 5.56 Å². The lowest BCUT2D eigenvalue weighted by Gasteiger charge is -2.07. The molecule has 0 aliphatic carbocycles. The van der Waals surface area contributed by atoms with Crippen molar-refractivity contribution < 1.29 is 14.3 Å². The highest BCUT2D eigenvalue weighted by Crippen LogP contribution is 2.14. The van der Waals surface area contributed by atoms with Crippen LogP contribution in [-0.2, 0) is 16.1 Å². The Hall–Kier alpha value is -2.22. The molecule has 0 unspecified atom stereocenters. The van der Waals surface area contributed by atoms with E-state index in [9.17, 15) is 14.4 Å². The second-order valence-corrected chi connectivity index (χ2v) is 5.02. The van der Waals surface area contributed by atoms with E-state index in [0.29, 0.717) is 10.9 Å². The van der Waals surface area contributed by atoms with Gasteiger partial charge in [0.15, 0.2) is 0 Å². The monoisotopic (exact) mass is 353 g/mol. The molecule has 0 aliphatic heterocycles. The van der Waals surface area contributed by atoms with E-state index in [1.54, 1.807) is 25.1 Å². The number of rotatable bonds is 3. The van der Waals surface area contributed by atoms with Crippen molar-refractivity contribution in [3.8, 4) is 0 Å². The number of nitrogens with zero attached hydrogens (tertiary/aromatic N) is 2. The molecule has 0 saturated heterocycles. The Balaban J connectivity index is 2.23. The Morgan fingerprint density at radius 3 is 2.90 bits per heavy atom. The molecule has 1 N–H and O–H groups in total. The molecule has 8 heteroatoms. The number of nitrogens with one attached hydrogen (secondary N) is 1. The summed E-state index contributed by atoms with van der Waals surface area (Å²) in [4.78, 5) is 39.1. The molecule has 0 fully saturated rings. The molecule has 2 aromatic rings. The highest BCUT2D eigenvalue weighted by atomic mass is 79.9. The van der Waals surface area contributed by atoms with Crippen LogP contribution < -0.4 is 10.9 Å². The summed E-state index contributed by atoms with van der Waals surface area (Å²) in [5.74, 6) is -0.647.